The number of thiophene rings is 1. The molecule has 3 heterocycles. The van der Waals surface area contributed by atoms with Gasteiger partial charge in [-0.1, -0.05) is 43.7 Å². The molecule has 0 radical (unpaired) electrons. The number of nitrogens with zero attached hydrogens (tertiary/aromatic N) is 4. The molecule has 1 fully saturated rings. The van der Waals surface area contributed by atoms with Crippen LogP contribution in [0.1, 0.15) is 59.8 Å². The van der Waals surface area contributed by atoms with Gasteiger partial charge in [0.15, 0.2) is 0 Å². The summed E-state index contributed by atoms with van der Waals surface area (Å²) in [5.41, 5.74) is 2.33. The molecule has 0 spiro atoms. The van der Waals surface area contributed by atoms with Gasteiger partial charge in [0.25, 0.3) is 0 Å². The van der Waals surface area contributed by atoms with E-state index in [0.29, 0.717) is 13.1 Å². The van der Waals surface area contributed by atoms with Crippen LogP contribution in [0.3, 0.4) is 0 Å². The quantitative estimate of drug-likeness (QED) is 0.433. The number of aromatic nitrogens is 2. The molecule has 33 heavy (non-hydrogen) atoms. The van der Waals surface area contributed by atoms with Crippen molar-refractivity contribution in [2.45, 2.75) is 57.2 Å². The second kappa shape index (κ2) is 9.98. The first-order chi connectivity index (χ1) is 16.2. The Morgan fingerprint density at radius 1 is 1.09 bits per heavy atom. The van der Waals surface area contributed by atoms with Gasteiger partial charge in [-0.15, -0.1) is 22.9 Å². The Bertz CT molecular complexity index is 1120. The Labute approximate surface area is 204 Å². The van der Waals surface area contributed by atoms with Crippen LogP contribution >= 0.6 is 22.9 Å². The van der Waals surface area contributed by atoms with Crippen molar-refractivity contribution in [3.8, 4) is 0 Å². The van der Waals surface area contributed by atoms with Crippen molar-refractivity contribution >= 4 is 44.9 Å². The smallest absolute Gasteiger partial charge is 0.245 e. The summed E-state index contributed by atoms with van der Waals surface area (Å²) in [5.74, 6) is 2.04. The van der Waals surface area contributed by atoms with Crippen molar-refractivity contribution in [3.63, 3.8) is 0 Å². The number of hydrogen-bond acceptors (Lipinski definition) is 5. The second-order valence-corrected chi connectivity index (χ2v) is 10.6. The number of unbranched alkanes of at least 4 members (excludes halogenated alkanes) is 1. The fourth-order valence-corrected chi connectivity index (χ4v) is 6.48. The van der Waals surface area contributed by atoms with Gasteiger partial charge >= 0.3 is 0 Å². The molecule has 7 heteroatoms. The molecule has 1 saturated heterocycles. The standard InChI is InChI=1S/C26H31ClN4OS/c1-2-3-13-21-28-24(22-19-11-7-8-12-20(19)33-25(22)29-21)30-14-16-31(17-15-30)26(32)23(27)18-9-5-4-6-10-18/h4-6,9-10,23H,2-3,7-8,11-17H2,1H3/t23-/m0/s1. The van der Waals surface area contributed by atoms with Crippen LogP contribution in [0.15, 0.2) is 30.3 Å². The largest absolute Gasteiger partial charge is 0.352 e. The number of benzene rings is 1. The lowest BCUT2D eigenvalue weighted by molar-refractivity contribution is -0.131. The van der Waals surface area contributed by atoms with E-state index in [9.17, 15) is 4.79 Å². The summed E-state index contributed by atoms with van der Waals surface area (Å²) in [6.45, 7) is 5.08. The van der Waals surface area contributed by atoms with Crippen LogP contribution in [0, 0.1) is 0 Å². The molecule has 1 atom stereocenters. The van der Waals surface area contributed by atoms with Gasteiger partial charge in [0.1, 0.15) is 21.8 Å². The third kappa shape index (κ3) is 4.60. The molecule has 2 aromatic heterocycles. The zero-order chi connectivity index (χ0) is 22.8. The number of anilines is 1. The lowest BCUT2D eigenvalue weighted by atomic mass is 9.96. The molecular formula is C26H31ClN4OS. The van der Waals surface area contributed by atoms with Gasteiger partial charge in [-0.2, -0.15) is 0 Å². The van der Waals surface area contributed by atoms with E-state index in [2.05, 4.69) is 11.8 Å². The first-order valence-electron chi connectivity index (χ1n) is 12.2. The minimum atomic E-state index is -0.631. The highest BCUT2D eigenvalue weighted by Gasteiger charge is 2.30. The maximum Gasteiger partial charge on any atom is 0.245 e. The number of piperazine rings is 1. The number of carbonyl (C=O) groups is 1. The highest BCUT2D eigenvalue weighted by molar-refractivity contribution is 7.19. The molecule has 2 aliphatic rings. The van der Waals surface area contributed by atoms with Gasteiger partial charge in [0, 0.05) is 37.5 Å². The van der Waals surface area contributed by atoms with Gasteiger partial charge in [0.05, 0.1) is 5.39 Å². The number of halogens is 1. The molecule has 0 N–H and O–H groups in total. The minimum absolute atomic E-state index is 0.00750. The van der Waals surface area contributed by atoms with Gasteiger partial charge in [-0.05, 0) is 43.2 Å². The number of carbonyl (C=O) groups excluding carboxylic acids is 1. The van der Waals surface area contributed by atoms with Crippen molar-refractivity contribution in [2.75, 3.05) is 31.1 Å². The Morgan fingerprint density at radius 3 is 2.61 bits per heavy atom. The van der Waals surface area contributed by atoms with E-state index in [1.807, 2.05) is 46.6 Å². The van der Waals surface area contributed by atoms with Crippen molar-refractivity contribution < 1.29 is 4.79 Å². The molecule has 1 aliphatic heterocycles. The summed E-state index contributed by atoms with van der Waals surface area (Å²) in [6, 6.07) is 9.63. The van der Waals surface area contributed by atoms with E-state index in [4.69, 9.17) is 21.6 Å². The van der Waals surface area contributed by atoms with E-state index in [-0.39, 0.29) is 5.91 Å². The summed E-state index contributed by atoms with van der Waals surface area (Å²) >= 11 is 8.40. The third-order valence-electron chi connectivity index (χ3n) is 6.80. The van der Waals surface area contributed by atoms with Crippen LogP contribution in [-0.2, 0) is 24.1 Å². The van der Waals surface area contributed by atoms with Gasteiger partial charge < -0.3 is 9.80 Å². The van der Waals surface area contributed by atoms with Crippen molar-refractivity contribution in [1.29, 1.82) is 0 Å². The molecule has 174 valence electrons. The number of amides is 1. The summed E-state index contributed by atoms with van der Waals surface area (Å²) < 4.78 is 0. The minimum Gasteiger partial charge on any atom is -0.352 e. The monoisotopic (exact) mass is 482 g/mol. The Morgan fingerprint density at radius 2 is 1.85 bits per heavy atom. The first kappa shape index (κ1) is 22.6. The van der Waals surface area contributed by atoms with E-state index < -0.39 is 5.38 Å². The Balaban J connectivity index is 1.38. The normalized spacial score (nSPS) is 17.3. The highest BCUT2D eigenvalue weighted by Crippen LogP contribution is 2.40. The van der Waals surface area contributed by atoms with E-state index in [1.165, 1.54) is 35.1 Å². The fourth-order valence-electron chi connectivity index (χ4n) is 4.92. The number of hydrogen-bond donors (Lipinski definition) is 0. The van der Waals surface area contributed by atoms with Crippen LogP contribution in [0.2, 0.25) is 0 Å². The molecule has 5 nitrogen and oxygen atoms in total. The maximum atomic E-state index is 13.0. The molecular weight excluding hydrogens is 452 g/mol. The molecule has 3 aromatic rings. The number of aryl methyl sites for hydroxylation is 3. The predicted molar refractivity (Wildman–Crippen MR) is 136 cm³/mol. The van der Waals surface area contributed by atoms with Crippen LogP contribution < -0.4 is 4.90 Å². The average molecular weight is 483 g/mol. The third-order valence-corrected chi connectivity index (χ3v) is 8.42. The number of rotatable bonds is 6. The van der Waals surface area contributed by atoms with Gasteiger partial charge in [0.2, 0.25) is 5.91 Å². The van der Waals surface area contributed by atoms with Crippen molar-refractivity contribution in [1.82, 2.24) is 14.9 Å². The molecule has 0 saturated carbocycles. The van der Waals surface area contributed by atoms with Crippen LogP contribution in [0.25, 0.3) is 10.2 Å². The summed E-state index contributed by atoms with van der Waals surface area (Å²) in [4.78, 5) is 30.0. The lowest BCUT2D eigenvalue weighted by Gasteiger charge is -2.36. The Kier molecular flexibility index (Phi) is 6.84. The van der Waals surface area contributed by atoms with Crippen LogP contribution in [-0.4, -0.2) is 47.0 Å². The van der Waals surface area contributed by atoms with Crippen LogP contribution in [0.5, 0.6) is 0 Å². The van der Waals surface area contributed by atoms with E-state index in [0.717, 1.165) is 60.8 Å². The molecule has 1 aromatic carbocycles. The molecule has 0 bridgehead atoms. The highest BCUT2D eigenvalue weighted by atomic mass is 35.5. The van der Waals surface area contributed by atoms with Gasteiger partial charge in [-0.3, -0.25) is 4.79 Å². The number of fused-ring (bicyclic) bond motifs is 3. The topological polar surface area (TPSA) is 49.3 Å². The van der Waals surface area contributed by atoms with Crippen LogP contribution in [0.4, 0.5) is 5.82 Å². The second-order valence-electron chi connectivity index (χ2n) is 9.04. The molecule has 0 unspecified atom stereocenters. The van der Waals surface area contributed by atoms with Gasteiger partial charge in [-0.25, -0.2) is 9.97 Å². The molecule has 1 amide bonds. The summed E-state index contributed by atoms with van der Waals surface area (Å²) in [5, 5.41) is 0.641. The summed E-state index contributed by atoms with van der Waals surface area (Å²) in [7, 11) is 0. The number of alkyl halides is 1. The SMILES string of the molecule is CCCCc1nc(N2CCN(C(=O)[C@@H](Cl)c3ccccc3)CC2)c2c3c(sc2n1)CCCC3. The maximum absolute atomic E-state index is 13.0. The Hall–Kier alpha value is -2.18. The van der Waals surface area contributed by atoms with Crippen molar-refractivity contribution in [3.05, 3.63) is 52.2 Å². The van der Waals surface area contributed by atoms with E-state index >= 15 is 0 Å². The predicted octanol–water partition coefficient (Wildman–Crippen LogP) is 5.54. The lowest BCUT2D eigenvalue weighted by Crippen LogP contribution is -2.50. The zero-order valence-electron chi connectivity index (χ0n) is 19.2. The first-order valence-corrected chi connectivity index (χ1v) is 13.4. The fraction of sp³-hybridized carbons (Fsp3) is 0.500. The zero-order valence-corrected chi connectivity index (χ0v) is 20.8. The molecule has 5 rings (SSSR count). The van der Waals surface area contributed by atoms with Crippen molar-refractivity contribution in [2.24, 2.45) is 0 Å². The molecule has 1 aliphatic carbocycles. The average Bonchev–Trinajstić information content (AvgIpc) is 3.25. The van der Waals surface area contributed by atoms with E-state index in [1.54, 1.807) is 0 Å². The summed E-state index contributed by atoms with van der Waals surface area (Å²) in [6.07, 6.45) is 7.98.